The van der Waals surface area contributed by atoms with Crippen molar-refractivity contribution in [2.24, 2.45) is 0 Å². The molecule has 1 saturated heterocycles. The molecule has 0 spiro atoms. The maximum atomic E-state index is 11.8. The summed E-state index contributed by atoms with van der Waals surface area (Å²) in [5.41, 5.74) is 0. The van der Waals surface area contributed by atoms with E-state index in [1.54, 1.807) is 13.0 Å². The molecule has 0 radical (unpaired) electrons. The second-order valence-corrected chi connectivity index (χ2v) is 6.56. The minimum atomic E-state index is -0.490. The van der Waals surface area contributed by atoms with E-state index in [9.17, 15) is 14.4 Å². The maximum absolute atomic E-state index is 11.8. The lowest BCUT2D eigenvalue weighted by Crippen LogP contribution is -2.29. The Morgan fingerprint density at radius 1 is 1.33 bits per heavy atom. The molecular weight excluding hydrogens is 350 g/mol. The molecule has 0 aliphatic carbocycles. The van der Waals surface area contributed by atoms with Gasteiger partial charge in [-0.2, -0.15) is 0 Å². The predicted octanol–water partition coefficient (Wildman–Crippen LogP) is 2.28. The zero-order valence-electron chi connectivity index (χ0n) is 13.1. The maximum Gasteiger partial charge on any atom is 0.333 e. The summed E-state index contributed by atoms with van der Waals surface area (Å²) in [7, 11) is 0. The molecular formula is C16H17NO5S2. The molecule has 24 heavy (non-hydrogen) atoms. The van der Waals surface area contributed by atoms with Crippen molar-refractivity contribution in [3.63, 3.8) is 0 Å². The van der Waals surface area contributed by atoms with E-state index in [0.29, 0.717) is 5.03 Å². The van der Waals surface area contributed by atoms with Gasteiger partial charge in [0.05, 0.1) is 30.0 Å². The summed E-state index contributed by atoms with van der Waals surface area (Å²) in [6, 6.07) is 3.78. The van der Waals surface area contributed by atoms with E-state index in [-0.39, 0.29) is 31.4 Å². The molecule has 0 aromatic carbocycles. The second kappa shape index (κ2) is 9.29. The molecule has 0 atom stereocenters. The van der Waals surface area contributed by atoms with Crippen molar-refractivity contribution in [3.8, 4) is 0 Å². The number of carbonyl (C=O) groups is 3. The number of nitrogens with zero attached hydrogens (tertiary/aromatic N) is 1. The van der Waals surface area contributed by atoms with Gasteiger partial charge >= 0.3 is 11.9 Å². The zero-order valence-corrected chi connectivity index (χ0v) is 14.7. The molecule has 0 unspecified atom stereocenters. The van der Waals surface area contributed by atoms with Gasteiger partial charge < -0.3 is 14.4 Å². The van der Waals surface area contributed by atoms with Crippen molar-refractivity contribution in [2.75, 3.05) is 25.5 Å². The van der Waals surface area contributed by atoms with Gasteiger partial charge in [0.2, 0.25) is 5.91 Å². The lowest BCUT2D eigenvalue weighted by atomic mass is 10.4. The first kappa shape index (κ1) is 18.3. The number of hydrogen-bond acceptors (Lipinski definition) is 7. The SMILES string of the molecule is CCOC(=O)/C=C1\SCC(=O)N1CCOC(=O)/C=C/c1cccs1. The standard InChI is InChI=1S/C16H17NO5S2/c1-2-21-16(20)10-14-17(13(18)11-24-14)7-8-22-15(19)6-5-12-4-3-9-23-12/h3-6,9-10H,2,7-8,11H2,1H3/b6-5+,14-10-. The summed E-state index contributed by atoms with van der Waals surface area (Å²) in [5, 5.41) is 2.43. The number of thioether (sulfide) groups is 1. The topological polar surface area (TPSA) is 72.9 Å². The summed E-state index contributed by atoms with van der Waals surface area (Å²) in [6.07, 6.45) is 4.31. The highest BCUT2D eigenvalue weighted by Crippen LogP contribution is 2.28. The fraction of sp³-hybridized carbons (Fsp3) is 0.312. The molecule has 0 N–H and O–H groups in total. The van der Waals surface area contributed by atoms with Crippen molar-refractivity contribution in [3.05, 3.63) is 39.6 Å². The molecule has 1 amide bonds. The van der Waals surface area contributed by atoms with Crippen LogP contribution in [0.1, 0.15) is 11.8 Å². The van der Waals surface area contributed by atoms with Crippen LogP contribution in [0.5, 0.6) is 0 Å². The summed E-state index contributed by atoms with van der Waals surface area (Å²) < 4.78 is 9.92. The van der Waals surface area contributed by atoms with Gasteiger partial charge in [0.1, 0.15) is 6.61 Å². The van der Waals surface area contributed by atoms with Crippen LogP contribution < -0.4 is 0 Å². The first-order valence-electron chi connectivity index (χ1n) is 7.30. The van der Waals surface area contributed by atoms with Crippen LogP contribution in [0.15, 0.2) is 34.7 Å². The van der Waals surface area contributed by atoms with E-state index in [2.05, 4.69) is 0 Å². The van der Waals surface area contributed by atoms with Crippen molar-refractivity contribution >= 4 is 47.0 Å². The summed E-state index contributed by atoms with van der Waals surface area (Å²) in [5.74, 6) is -0.827. The van der Waals surface area contributed by atoms with Crippen molar-refractivity contribution < 1.29 is 23.9 Å². The Labute approximate surface area is 148 Å². The van der Waals surface area contributed by atoms with Crippen LogP contribution in [0.2, 0.25) is 0 Å². The zero-order chi connectivity index (χ0) is 17.4. The minimum Gasteiger partial charge on any atom is -0.463 e. The molecule has 1 aliphatic heterocycles. The van der Waals surface area contributed by atoms with Crippen LogP contribution in [0.4, 0.5) is 0 Å². The van der Waals surface area contributed by atoms with Crippen LogP contribution in [0.3, 0.4) is 0 Å². The van der Waals surface area contributed by atoms with E-state index < -0.39 is 11.9 Å². The van der Waals surface area contributed by atoms with Gasteiger partial charge in [-0.25, -0.2) is 9.59 Å². The summed E-state index contributed by atoms with van der Waals surface area (Å²) >= 11 is 2.78. The highest BCUT2D eigenvalue weighted by atomic mass is 32.2. The number of thiophene rings is 1. The van der Waals surface area contributed by atoms with Crippen molar-refractivity contribution in [1.82, 2.24) is 4.90 Å². The number of rotatable bonds is 7. The molecule has 0 bridgehead atoms. The highest BCUT2D eigenvalue weighted by Gasteiger charge is 2.27. The molecule has 0 saturated carbocycles. The lowest BCUT2D eigenvalue weighted by molar-refractivity contribution is -0.140. The fourth-order valence-corrected chi connectivity index (χ4v) is 3.45. The third-order valence-corrected chi connectivity index (χ3v) is 4.79. The molecule has 128 valence electrons. The van der Waals surface area contributed by atoms with Gasteiger partial charge in [-0.15, -0.1) is 11.3 Å². The first-order valence-corrected chi connectivity index (χ1v) is 9.16. The van der Waals surface area contributed by atoms with Crippen LogP contribution >= 0.6 is 23.1 Å². The number of esters is 2. The Bertz CT molecular complexity index is 651. The smallest absolute Gasteiger partial charge is 0.333 e. The first-order chi connectivity index (χ1) is 11.6. The molecule has 2 rings (SSSR count). The molecule has 2 heterocycles. The van der Waals surface area contributed by atoms with Gasteiger partial charge in [-0.05, 0) is 24.4 Å². The predicted molar refractivity (Wildman–Crippen MR) is 93.2 cm³/mol. The Hall–Kier alpha value is -2.06. The fourth-order valence-electron chi connectivity index (χ4n) is 1.88. The van der Waals surface area contributed by atoms with E-state index in [1.807, 2.05) is 17.5 Å². The number of hydrogen-bond donors (Lipinski definition) is 0. The second-order valence-electron chi connectivity index (χ2n) is 4.58. The van der Waals surface area contributed by atoms with Crippen LogP contribution in [-0.2, 0) is 23.9 Å². The monoisotopic (exact) mass is 367 g/mol. The van der Waals surface area contributed by atoms with Crippen LogP contribution in [0.25, 0.3) is 6.08 Å². The van der Waals surface area contributed by atoms with Gasteiger partial charge in [0, 0.05) is 11.0 Å². The van der Waals surface area contributed by atoms with E-state index in [0.717, 1.165) is 4.88 Å². The summed E-state index contributed by atoms with van der Waals surface area (Å²) in [6.45, 7) is 2.25. The van der Waals surface area contributed by atoms with Crippen molar-refractivity contribution in [1.29, 1.82) is 0 Å². The third-order valence-electron chi connectivity index (χ3n) is 2.92. The Morgan fingerprint density at radius 2 is 2.17 bits per heavy atom. The Balaban J connectivity index is 1.82. The number of ether oxygens (including phenoxy) is 2. The van der Waals surface area contributed by atoms with Gasteiger partial charge in [0.25, 0.3) is 0 Å². The van der Waals surface area contributed by atoms with Crippen LogP contribution in [0, 0.1) is 0 Å². The normalized spacial score (nSPS) is 16.1. The van der Waals surface area contributed by atoms with Gasteiger partial charge in [-0.1, -0.05) is 17.8 Å². The number of amides is 1. The average molecular weight is 367 g/mol. The molecule has 1 aromatic heterocycles. The average Bonchev–Trinajstić information content (AvgIpc) is 3.18. The highest BCUT2D eigenvalue weighted by molar-refractivity contribution is 8.04. The Kier molecular flexibility index (Phi) is 7.07. The minimum absolute atomic E-state index is 0.0556. The molecule has 6 nitrogen and oxygen atoms in total. The van der Waals surface area contributed by atoms with Crippen molar-refractivity contribution in [2.45, 2.75) is 6.92 Å². The Morgan fingerprint density at radius 3 is 2.88 bits per heavy atom. The van der Waals surface area contributed by atoms with Crippen LogP contribution in [-0.4, -0.2) is 48.3 Å². The molecule has 8 heteroatoms. The van der Waals surface area contributed by atoms with E-state index in [1.165, 1.54) is 40.2 Å². The van der Waals surface area contributed by atoms with Gasteiger partial charge in [-0.3, -0.25) is 4.79 Å². The summed E-state index contributed by atoms with van der Waals surface area (Å²) in [4.78, 5) is 37.3. The molecule has 1 aliphatic rings. The largest absolute Gasteiger partial charge is 0.463 e. The van der Waals surface area contributed by atoms with Gasteiger partial charge in [0.15, 0.2) is 0 Å². The quantitative estimate of drug-likeness (QED) is 0.544. The number of carbonyl (C=O) groups excluding carboxylic acids is 3. The third kappa shape index (κ3) is 5.54. The lowest BCUT2D eigenvalue weighted by Gasteiger charge is -2.16. The molecule has 1 fully saturated rings. The van der Waals surface area contributed by atoms with E-state index >= 15 is 0 Å². The molecule has 1 aromatic rings. The van der Waals surface area contributed by atoms with E-state index in [4.69, 9.17) is 9.47 Å².